The molecule has 2 aromatic rings. The highest BCUT2D eigenvalue weighted by molar-refractivity contribution is 5.99. The number of para-hydroxylation sites is 1. The molecule has 1 aliphatic carbocycles. The maximum absolute atomic E-state index is 13.0. The van der Waals surface area contributed by atoms with Crippen LogP contribution in [-0.4, -0.2) is 28.8 Å². The molecule has 0 radical (unpaired) electrons. The topological polar surface area (TPSA) is 47.4 Å². The number of carbonyl (C=O) groups excluding carboxylic acids is 1. The molecule has 132 valence electrons. The number of benzene rings is 1. The number of ether oxygens (including phenoxy) is 1. The Kier molecular flexibility index (Phi) is 3.94. The van der Waals surface area contributed by atoms with Crippen LogP contribution in [0.2, 0.25) is 0 Å². The quantitative estimate of drug-likeness (QED) is 0.854. The summed E-state index contributed by atoms with van der Waals surface area (Å²) in [5.41, 5.74) is 2.45. The van der Waals surface area contributed by atoms with E-state index in [9.17, 15) is 13.6 Å². The van der Waals surface area contributed by atoms with Crippen LogP contribution in [0.25, 0.3) is 0 Å². The number of fused-ring (bicyclic) bond motifs is 1. The molecule has 0 bridgehead atoms. The van der Waals surface area contributed by atoms with Crippen molar-refractivity contribution in [1.82, 2.24) is 9.78 Å². The van der Waals surface area contributed by atoms with E-state index >= 15 is 0 Å². The lowest BCUT2D eigenvalue weighted by molar-refractivity contribution is -0.120. The molecule has 4 rings (SSSR count). The monoisotopic (exact) mass is 347 g/mol. The summed E-state index contributed by atoms with van der Waals surface area (Å²) in [5, 5.41) is 4.16. The van der Waals surface area contributed by atoms with E-state index in [1.165, 1.54) is 6.07 Å². The largest absolute Gasteiger partial charge is 0.433 e. The van der Waals surface area contributed by atoms with E-state index in [0.717, 1.165) is 30.4 Å². The lowest BCUT2D eigenvalue weighted by Crippen LogP contribution is -2.37. The minimum Gasteiger partial charge on any atom is -0.433 e. The fourth-order valence-electron chi connectivity index (χ4n) is 3.69. The molecule has 1 fully saturated rings. The van der Waals surface area contributed by atoms with Gasteiger partial charge in [-0.15, -0.1) is 0 Å². The number of halogens is 2. The van der Waals surface area contributed by atoms with Crippen LogP contribution in [0, 0.1) is 5.92 Å². The van der Waals surface area contributed by atoms with Crippen LogP contribution in [0.15, 0.2) is 30.6 Å². The Labute approximate surface area is 144 Å². The summed E-state index contributed by atoms with van der Waals surface area (Å²) >= 11 is 0. The summed E-state index contributed by atoms with van der Waals surface area (Å²) in [7, 11) is 1.84. The van der Waals surface area contributed by atoms with Gasteiger partial charge in [-0.3, -0.25) is 9.48 Å². The SMILES string of the molecule is Cn1cc([C@H]2C[C@H]2C(=O)N2CCCc3cccc(OC(F)F)c32)cn1. The van der Waals surface area contributed by atoms with Gasteiger partial charge in [0, 0.05) is 25.7 Å². The number of amides is 1. The van der Waals surface area contributed by atoms with Gasteiger partial charge in [0.05, 0.1) is 11.9 Å². The number of aromatic nitrogens is 2. The first-order valence-electron chi connectivity index (χ1n) is 8.41. The van der Waals surface area contributed by atoms with Gasteiger partial charge in [0.15, 0.2) is 0 Å². The lowest BCUT2D eigenvalue weighted by atomic mass is 10.00. The van der Waals surface area contributed by atoms with Crippen molar-refractivity contribution in [2.24, 2.45) is 13.0 Å². The fraction of sp³-hybridized carbons (Fsp3) is 0.444. The van der Waals surface area contributed by atoms with Gasteiger partial charge < -0.3 is 9.64 Å². The van der Waals surface area contributed by atoms with Gasteiger partial charge in [0.2, 0.25) is 5.91 Å². The second-order valence-corrected chi connectivity index (χ2v) is 6.63. The highest BCUT2D eigenvalue weighted by Crippen LogP contribution is 2.50. The molecule has 1 aromatic carbocycles. The highest BCUT2D eigenvalue weighted by atomic mass is 19.3. The Bertz CT molecular complexity index is 805. The predicted molar refractivity (Wildman–Crippen MR) is 87.8 cm³/mol. The van der Waals surface area contributed by atoms with E-state index in [4.69, 9.17) is 0 Å². The molecule has 7 heteroatoms. The number of rotatable bonds is 4. The summed E-state index contributed by atoms with van der Waals surface area (Å²) in [6, 6.07) is 5.07. The Morgan fingerprint density at radius 1 is 1.40 bits per heavy atom. The first-order chi connectivity index (χ1) is 12.0. The number of hydrogen-bond acceptors (Lipinski definition) is 3. The van der Waals surface area contributed by atoms with E-state index in [2.05, 4.69) is 9.84 Å². The molecule has 0 saturated heterocycles. The maximum Gasteiger partial charge on any atom is 0.387 e. The summed E-state index contributed by atoms with van der Waals surface area (Å²) in [6.07, 6.45) is 6.06. The van der Waals surface area contributed by atoms with Gasteiger partial charge in [-0.1, -0.05) is 12.1 Å². The number of anilines is 1. The smallest absolute Gasteiger partial charge is 0.387 e. The van der Waals surface area contributed by atoms with E-state index < -0.39 is 6.61 Å². The number of aryl methyl sites for hydroxylation is 2. The van der Waals surface area contributed by atoms with Crippen LogP contribution >= 0.6 is 0 Å². The number of nitrogens with zero attached hydrogens (tertiary/aromatic N) is 3. The first kappa shape index (κ1) is 16.1. The van der Waals surface area contributed by atoms with Crippen molar-refractivity contribution in [3.8, 4) is 5.75 Å². The first-order valence-corrected chi connectivity index (χ1v) is 8.41. The summed E-state index contributed by atoms with van der Waals surface area (Å²) in [4.78, 5) is 14.6. The third kappa shape index (κ3) is 2.99. The molecule has 1 saturated carbocycles. The van der Waals surface area contributed by atoms with Gasteiger partial charge in [0.1, 0.15) is 5.75 Å². The van der Waals surface area contributed by atoms with Crippen molar-refractivity contribution in [2.75, 3.05) is 11.4 Å². The van der Waals surface area contributed by atoms with Crippen LogP contribution in [0.4, 0.5) is 14.5 Å². The average molecular weight is 347 g/mol. The van der Waals surface area contributed by atoms with Crippen molar-refractivity contribution in [1.29, 1.82) is 0 Å². The molecule has 2 heterocycles. The van der Waals surface area contributed by atoms with Crippen LogP contribution < -0.4 is 9.64 Å². The zero-order chi connectivity index (χ0) is 17.6. The second-order valence-electron chi connectivity index (χ2n) is 6.63. The lowest BCUT2D eigenvalue weighted by Gasteiger charge is -2.31. The average Bonchev–Trinajstić information content (AvgIpc) is 3.27. The van der Waals surface area contributed by atoms with E-state index in [1.807, 2.05) is 19.3 Å². The number of carbonyl (C=O) groups is 1. The summed E-state index contributed by atoms with van der Waals surface area (Å²) < 4.78 is 31.9. The van der Waals surface area contributed by atoms with Crippen molar-refractivity contribution < 1.29 is 18.3 Å². The Morgan fingerprint density at radius 2 is 2.24 bits per heavy atom. The van der Waals surface area contributed by atoms with Crippen molar-refractivity contribution in [3.63, 3.8) is 0 Å². The summed E-state index contributed by atoms with van der Waals surface area (Å²) in [6.45, 7) is -2.37. The van der Waals surface area contributed by atoms with Gasteiger partial charge in [-0.25, -0.2) is 0 Å². The van der Waals surface area contributed by atoms with Gasteiger partial charge >= 0.3 is 6.61 Å². The fourth-order valence-corrected chi connectivity index (χ4v) is 3.69. The third-order valence-electron chi connectivity index (χ3n) is 4.92. The van der Waals surface area contributed by atoms with Crippen LogP contribution in [-0.2, 0) is 18.3 Å². The van der Waals surface area contributed by atoms with E-state index in [-0.39, 0.29) is 23.5 Å². The molecule has 1 aliphatic heterocycles. The molecular weight excluding hydrogens is 328 g/mol. The Balaban J connectivity index is 1.59. The van der Waals surface area contributed by atoms with Gasteiger partial charge in [-0.05, 0) is 42.4 Å². The zero-order valence-electron chi connectivity index (χ0n) is 13.9. The molecule has 0 unspecified atom stereocenters. The molecule has 0 N–H and O–H groups in total. The molecule has 25 heavy (non-hydrogen) atoms. The Hall–Kier alpha value is -2.44. The molecule has 2 atom stereocenters. The molecular formula is C18H19F2N3O2. The minimum atomic E-state index is -2.91. The number of alkyl halides is 2. The molecule has 0 spiro atoms. The van der Waals surface area contributed by atoms with E-state index in [0.29, 0.717) is 12.2 Å². The molecule has 2 aliphatic rings. The van der Waals surface area contributed by atoms with Crippen LogP contribution in [0.1, 0.15) is 29.9 Å². The van der Waals surface area contributed by atoms with Crippen molar-refractivity contribution in [2.45, 2.75) is 31.8 Å². The van der Waals surface area contributed by atoms with Crippen LogP contribution in [0.3, 0.4) is 0 Å². The Morgan fingerprint density at radius 3 is 2.96 bits per heavy atom. The third-order valence-corrected chi connectivity index (χ3v) is 4.92. The number of hydrogen-bond donors (Lipinski definition) is 0. The van der Waals surface area contributed by atoms with Crippen molar-refractivity contribution in [3.05, 3.63) is 41.7 Å². The van der Waals surface area contributed by atoms with Gasteiger partial charge in [-0.2, -0.15) is 13.9 Å². The van der Waals surface area contributed by atoms with Gasteiger partial charge in [0.25, 0.3) is 0 Å². The van der Waals surface area contributed by atoms with Crippen molar-refractivity contribution >= 4 is 11.6 Å². The van der Waals surface area contributed by atoms with E-state index in [1.54, 1.807) is 21.8 Å². The maximum atomic E-state index is 13.0. The molecule has 1 amide bonds. The standard InChI is InChI=1S/C18H19F2N3O2/c1-22-10-12(9-21-22)13-8-14(13)17(24)23-7-3-5-11-4-2-6-15(16(11)23)25-18(19)20/h2,4,6,9-10,13-14,18H,3,5,7-8H2,1H3/t13-,14-/m1/s1. The second kappa shape index (κ2) is 6.13. The predicted octanol–water partition coefficient (Wildman–Crippen LogP) is 3.10. The summed E-state index contributed by atoms with van der Waals surface area (Å²) in [5.74, 6) is 0.115. The molecule has 5 nitrogen and oxygen atoms in total. The minimum absolute atomic E-state index is 0.0138. The highest BCUT2D eigenvalue weighted by Gasteiger charge is 2.47. The van der Waals surface area contributed by atoms with Crippen LogP contribution in [0.5, 0.6) is 5.75 Å². The normalized spacial score (nSPS) is 22.0. The zero-order valence-corrected chi connectivity index (χ0v) is 13.9. The molecule has 1 aromatic heterocycles.